The second kappa shape index (κ2) is 6.41. The Kier molecular flexibility index (Phi) is 6.80. The first-order chi connectivity index (χ1) is 3.41. The van der Waals surface area contributed by atoms with Crippen LogP contribution in [-0.2, 0) is 0 Å². The molecule has 0 N–H and O–H groups in total. The average molecular weight is 114 g/mol. The van der Waals surface area contributed by atoms with Crippen LogP contribution in [0.4, 0.5) is 0 Å². The fourth-order valence-electron chi connectivity index (χ4n) is 0.433. The third-order valence-electron chi connectivity index (χ3n) is 0.862. The minimum Gasteiger partial charge on any atom is -0.179 e. The monoisotopic (exact) mass is 114 g/mol. The van der Waals surface area contributed by atoms with Gasteiger partial charge in [0.05, 0.1) is 7.85 Å². The van der Waals surface area contributed by atoms with Crippen LogP contribution < -0.4 is 0 Å². The molecule has 2 radical (unpaired) electrons. The number of hydrogen-bond acceptors (Lipinski definition) is 1. The molecule has 0 aliphatic carbocycles. The molecule has 0 saturated heterocycles. The van der Waals surface area contributed by atoms with Crippen LogP contribution in [-0.4, -0.2) is 13.6 Å². The Bertz CT molecular complexity index is 27.3. The van der Waals surface area contributed by atoms with Gasteiger partial charge in [0.2, 0.25) is 0 Å². The van der Waals surface area contributed by atoms with Crippen molar-refractivity contribution in [3.63, 3.8) is 0 Å². The van der Waals surface area contributed by atoms with Crippen LogP contribution in [0, 0.1) is 0 Å². The zero-order valence-corrected chi connectivity index (χ0v) is 5.45. The van der Waals surface area contributed by atoms with Crippen molar-refractivity contribution in [1.82, 2.24) is 0 Å². The predicted molar refractivity (Wildman–Crippen MR) is 38.3 cm³/mol. The fraction of sp³-hybridized carbons (Fsp3) is 1.00. The van der Waals surface area contributed by atoms with Gasteiger partial charge in [-0.05, 0) is 12.2 Å². The lowest BCUT2D eigenvalue weighted by Gasteiger charge is -1.90. The summed E-state index contributed by atoms with van der Waals surface area (Å²) >= 11 is 4.05. The molecule has 0 aromatic carbocycles. The summed E-state index contributed by atoms with van der Waals surface area (Å²) in [6.07, 6.45) is 4.43. The van der Waals surface area contributed by atoms with E-state index in [1.165, 1.54) is 12.8 Å². The van der Waals surface area contributed by atoms with E-state index < -0.39 is 0 Å². The van der Waals surface area contributed by atoms with Gasteiger partial charge in [0, 0.05) is 0 Å². The molecule has 0 atom stereocenters. The van der Waals surface area contributed by atoms with E-state index in [0.717, 1.165) is 18.5 Å². The lowest BCUT2D eigenvalue weighted by molar-refractivity contribution is 0.779. The van der Waals surface area contributed by atoms with Crippen molar-refractivity contribution in [1.29, 1.82) is 0 Å². The molecule has 0 aliphatic rings. The number of rotatable bonds is 4. The first-order valence-corrected chi connectivity index (χ1v) is 3.36. The Morgan fingerprint density at radius 1 is 1.14 bits per heavy atom. The molecule has 0 saturated carbocycles. The highest BCUT2D eigenvalue weighted by molar-refractivity contribution is 7.80. The van der Waals surface area contributed by atoms with Crippen molar-refractivity contribution in [2.75, 3.05) is 5.75 Å². The smallest absolute Gasteiger partial charge is 0.0653 e. The molecule has 0 heterocycles. The van der Waals surface area contributed by atoms with Crippen LogP contribution >= 0.6 is 12.6 Å². The topological polar surface area (TPSA) is 0 Å². The van der Waals surface area contributed by atoms with Gasteiger partial charge >= 0.3 is 0 Å². The Balaban J connectivity index is 2.45. The Morgan fingerprint density at radius 2 is 1.86 bits per heavy atom. The SMILES string of the molecule is [B]CCCCCS. The van der Waals surface area contributed by atoms with E-state index >= 15 is 0 Å². The van der Waals surface area contributed by atoms with Gasteiger partial charge in [-0.2, -0.15) is 12.6 Å². The summed E-state index contributed by atoms with van der Waals surface area (Å²) in [5, 5.41) is 0. The molecule has 40 valence electrons. The van der Waals surface area contributed by atoms with Gasteiger partial charge in [0.1, 0.15) is 0 Å². The maximum Gasteiger partial charge on any atom is 0.0653 e. The molecule has 0 unspecified atom stereocenters. The summed E-state index contributed by atoms with van der Waals surface area (Å²) in [6, 6.07) is 0. The summed E-state index contributed by atoms with van der Waals surface area (Å²) in [4.78, 5) is 0. The normalized spacial score (nSPS) is 9.29. The van der Waals surface area contributed by atoms with Crippen molar-refractivity contribution in [3.8, 4) is 0 Å². The highest BCUT2D eigenvalue weighted by Crippen LogP contribution is 1.97. The molecular weight excluding hydrogens is 103 g/mol. The maximum absolute atomic E-state index is 5.24. The highest BCUT2D eigenvalue weighted by Gasteiger charge is 1.80. The first kappa shape index (κ1) is 7.41. The summed E-state index contributed by atoms with van der Waals surface area (Å²) in [5.74, 6) is 1.00. The van der Waals surface area contributed by atoms with Gasteiger partial charge in [-0.15, -0.1) is 0 Å². The highest BCUT2D eigenvalue weighted by atomic mass is 32.1. The van der Waals surface area contributed by atoms with Crippen LogP contribution in [0.1, 0.15) is 19.3 Å². The molecule has 0 aromatic heterocycles. The minimum absolute atomic E-state index is 0.827. The standard InChI is InChI=1S/C5H11BS/c6-4-2-1-3-5-7/h7H,1-5H2. The van der Waals surface area contributed by atoms with Crippen LogP contribution in [0.3, 0.4) is 0 Å². The first-order valence-electron chi connectivity index (χ1n) is 2.72. The van der Waals surface area contributed by atoms with E-state index in [2.05, 4.69) is 12.6 Å². The fourth-order valence-corrected chi connectivity index (χ4v) is 0.657. The van der Waals surface area contributed by atoms with Gasteiger partial charge in [0.15, 0.2) is 0 Å². The van der Waals surface area contributed by atoms with Crippen molar-refractivity contribution in [2.24, 2.45) is 0 Å². The van der Waals surface area contributed by atoms with Crippen molar-refractivity contribution in [2.45, 2.75) is 25.6 Å². The second-order valence-electron chi connectivity index (χ2n) is 1.57. The Labute approximate surface area is 52.5 Å². The molecule has 0 nitrogen and oxygen atoms in total. The van der Waals surface area contributed by atoms with Gasteiger partial charge in [0.25, 0.3) is 0 Å². The molecule has 7 heavy (non-hydrogen) atoms. The quantitative estimate of drug-likeness (QED) is 0.321. The second-order valence-corrected chi connectivity index (χ2v) is 2.02. The summed E-state index contributed by atoms with van der Waals surface area (Å²) < 4.78 is 0. The zero-order chi connectivity index (χ0) is 5.54. The molecule has 0 fully saturated rings. The van der Waals surface area contributed by atoms with Crippen molar-refractivity contribution in [3.05, 3.63) is 0 Å². The van der Waals surface area contributed by atoms with Gasteiger partial charge in [-0.1, -0.05) is 19.2 Å². The number of thiol groups is 1. The maximum atomic E-state index is 5.24. The van der Waals surface area contributed by atoms with Crippen LogP contribution in [0.25, 0.3) is 0 Å². The van der Waals surface area contributed by atoms with E-state index in [0.29, 0.717) is 0 Å². The van der Waals surface area contributed by atoms with Crippen LogP contribution in [0.5, 0.6) is 0 Å². The molecule has 0 bridgehead atoms. The van der Waals surface area contributed by atoms with Crippen LogP contribution in [0.15, 0.2) is 0 Å². The van der Waals surface area contributed by atoms with Crippen molar-refractivity contribution < 1.29 is 0 Å². The van der Waals surface area contributed by atoms with E-state index in [-0.39, 0.29) is 0 Å². The molecule has 0 amide bonds. The Morgan fingerprint density at radius 3 is 2.29 bits per heavy atom. The number of hydrogen-bond donors (Lipinski definition) is 1. The average Bonchev–Trinajstić information content (AvgIpc) is 1.69. The third kappa shape index (κ3) is 6.41. The number of unbranched alkanes of at least 4 members (excludes halogenated alkanes) is 2. The molecular formula is C5H11BS. The third-order valence-corrected chi connectivity index (χ3v) is 1.18. The molecule has 0 aliphatic heterocycles. The zero-order valence-electron chi connectivity index (χ0n) is 4.56. The van der Waals surface area contributed by atoms with Crippen LogP contribution in [0.2, 0.25) is 6.32 Å². The van der Waals surface area contributed by atoms with Crippen molar-refractivity contribution >= 4 is 20.5 Å². The lowest BCUT2D eigenvalue weighted by atomic mass is 10.00. The molecule has 2 heteroatoms. The predicted octanol–water partition coefficient (Wildman–Crippen LogP) is 1.67. The van der Waals surface area contributed by atoms with E-state index in [9.17, 15) is 0 Å². The van der Waals surface area contributed by atoms with Gasteiger partial charge in [-0.25, -0.2) is 0 Å². The Hall–Kier alpha value is 0.415. The summed E-state index contributed by atoms with van der Waals surface area (Å²) in [7, 11) is 5.24. The lowest BCUT2D eigenvalue weighted by Crippen LogP contribution is -1.75. The van der Waals surface area contributed by atoms with E-state index in [1.54, 1.807) is 0 Å². The summed E-state index contributed by atoms with van der Waals surface area (Å²) in [5.41, 5.74) is 0. The molecule has 0 spiro atoms. The van der Waals surface area contributed by atoms with E-state index in [4.69, 9.17) is 7.85 Å². The molecule has 0 rings (SSSR count). The van der Waals surface area contributed by atoms with Gasteiger partial charge in [-0.3, -0.25) is 0 Å². The molecule has 0 aromatic rings. The largest absolute Gasteiger partial charge is 0.179 e. The van der Waals surface area contributed by atoms with Gasteiger partial charge < -0.3 is 0 Å². The summed E-state index contributed by atoms with van der Waals surface area (Å²) in [6.45, 7) is 0. The minimum atomic E-state index is 0.827. The van der Waals surface area contributed by atoms with E-state index in [1.807, 2.05) is 0 Å².